The number of benzene rings is 1. The summed E-state index contributed by atoms with van der Waals surface area (Å²) < 4.78 is 5.10. The number of imidazole rings is 1. The van der Waals surface area contributed by atoms with Crippen LogP contribution in [0.2, 0.25) is 0 Å². The first-order valence-electron chi connectivity index (χ1n) is 6.58. The second-order valence-corrected chi connectivity index (χ2v) is 4.74. The third-order valence-electron chi connectivity index (χ3n) is 3.36. The van der Waals surface area contributed by atoms with E-state index in [2.05, 4.69) is 20.3 Å². The highest BCUT2D eigenvalue weighted by Crippen LogP contribution is 2.22. The van der Waals surface area contributed by atoms with E-state index >= 15 is 0 Å². The number of carboxylic acid groups (broad SMARTS) is 1. The van der Waals surface area contributed by atoms with Crippen LogP contribution in [0.1, 0.15) is 15.9 Å². The SMILES string of the molecule is COc1ccc(Nc2nc3ncc(C(=O)O)c(C)c3[nH]2)cc1. The van der Waals surface area contributed by atoms with E-state index < -0.39 is 5.97 Å². The molecule has 0 aliphatic heterocycles. The molecule has 0 aliphatic rings. The van der Waals surface area contributed by atoms with E-state index in [-0.39, 0.29) is 5.56 Å². The van der Waals surface area contributed by atoms with Gasteiger partial charge in [0.1, 0.15) is 5.75 Å². The van der Waals surface area contributed by atoms with Crippen molar-refractivity contribution in [2.24, 2.45) is 0 Å². The van der Waals surface area contributed by atoms with Crippen LogP contribution < -0.4 is 10.1 Å². The molecule has 7 heteroatoms. The minimum absolute atomic E-state index is 0.159. The summed E-state index contributed by atoms with van der Waals surface area (Å²) in [5.74, 6) is 0.253. The Balaban J connectivity index is 1.94. The maximum absolute atomic E-state index is 11.1. The second kappa shape index (κ2) is 5.36. The van der Waals surface area contributed by atoms with Gasteiger partial charge in [0, 0.05) is 11.9 Å². The quantitative estimate of drug-likeness (QED) is 0.684. The smallest absolute Gasteiger partial charge is 0.337 e. The van der Waals surface area contributed by atoms with Gasteiger partial charge in [-0.2, -0.15) is 4.98 Å². The van der Waals surface area contributed by atoms with Crippen molar-refractivity contribution in [3.63, 3.8) is 0 Å². The van der Waals surface area contributed by atoms with E-state index in [1.165, 1.54) is 6.20 Å². The predicted octanol–water partition coefficient (Wildman–Crippen LogP) is 2.72. The van der Waals surface area contributed by atoms with Crippen molar-refractivity contribution in [1.29, 1.82) is 0 Å². The molecule has 0 radical (unpaired) electrons. The molecule has 3 rings (SSSR count). The number of hydrogen-bond acceptors (Lipinski definition) is 5. The summed E-state index contributed by atoms with van der Waals surface area (Å²) in [5, 5.41) is 12.2. The average molecular weight is 298 g/mol. The number of aromatic amines is 1. The Morgan fingerprint density at radius 1 is 1.32 bits per heavy atom. The molecule has 0 atom stereocenters. The molecule has 0 fully saturated rings. The van der Waals surface area contributed by atoms with Crippen molar-refractivity contribution >= 4 is 28.8 Å². The van der Waals surface area contributed by atoms with Crippen LogP contribution in [0, 0.1) is 6.92 Å². The van der Waals surface area contributed by atoms with E-state index in [1.807, 2.05) is 24.3 Å². The minimum Gasteiger partial charge on any atom is -0.497 e. The van der Waals surface area contributed by atoms with Gasteiger partial charge in [0.15, 0.2) is 5.65 Å². The number of H-pyrrole nitrogens is 1. The normalized spacial score (nSPS) is 10.6. The number of carboxylic acids is 1. The average Bonchev–Trinajstić information content (AvgIpc) is 2.91. The Labute approximate surface area is 126 Å². The fourth-order valence-corrected chi connectivity index (χ4v) is 2.16. The van der Waals surface area contributed by atoms with Crippen LogP contribution in [-0.4, -0.2) is 33.1 Å². The van der Waals surface area contributed by atoms with Crippen molar-refractivity contribution in [2.75, 3.05) is 12.4 Å². The van der Waals surface area contributed by atoms with Gasteiger partial charge in [-0.15, -0.1) is 0 Å². The summed E-state index contributed by atoms with van der Waals surface area (Å²) in [6.07, 6.45) is 1.32. The minimum atomic E-state index is -1.01. The number of nitrogens with zero attached hydrogens (tertiary/aromatic N) is 2. The van der Waals surface area contributed by atoms with Gasteiger partial charge in [-0.3, -0.25) is 0 Å². The molecular weight excluding hydrogens is 284 g/mol. The first-order valence-corrected chi connectivity index (χ1v) is 6.58. The number of aryl methyl sites for hydroxylation is 1. The van der Waals surface area contributed by atoms with Crippen LogP contribution >= 0.6 is 0 Å². The molecule has 0 spiro atoms. The molecule has 1 aromatic carbocycles. The van der Waals surface area contributed by atoms with Crippen molar-refractivity contribution in [3.8, 4) is 5.75 Å². The lowest BCUT2D eigenvalue weighted by atomic mass is 10.1. The predicted molar refractivity (Wildman–Crippen MR) is 81.9 cm³/mol. The summed E-state index contributed by atoms with van der Waals surface area (Å²) in [5.41, 5.74) is 2.67. The highest BCUT2D eigenvalue weighted by molar-refractivity contribution is 5.94. The lowest BCUT2D eigenvalue weighted by Crippen LogP contribution is -2.01. The number of methoxy groups -OCH3 is 1. The number of aromatic nitrogens is 3. The maximum atomic E-state index is 11.1. The van der Waals surface area contributed by atoms with Gasteiger partial charge in [-0.1, -0.05) is 0 Å². The molecule has 3 aromatic rings. The van der Waals surface area contributed by atoms with E-state index in [4.69, 9.17) is 9.84 Å². The number of nitrogens with one attached hydrogen (secondary N) is 2. The Morgan fingerprint density at radius 3 is 2.68 bits per heavy atom. The summed E-state index contributed by atoms with van der Waals surface area (Å²) in [7, 11) is 1.61. The van der Waals surface area contributed by atoms with Gasteiger partial charge >= 0.3 is 5.97 Å². The molecule has 0 saturated heterocycles. The largest absolute Gasteiger partial charge is 0.497 e. The third kappa shape index (κ3) is 2.44. The van der Waals surface area contributed by atoms with Crippen molar-refractivity contribution in [1.82, 2.24) is 15.0 Å². The highest BCUT2D eigenvalue weighted by atomic mass is 16.5. The first kappa shape index (κ1) is 13.9. The molecule has 0 aliphatic carbocycles. The van der Waals surface area contributed by atoms with Crippen LogP contribution in [0.4, 0.5) is 11.6 Å². The summed E-state index contributed by atoms with van der Waals surface area (Å²) in [6.45, 7) is 1.73. The molecule has 0 saturated carbocycles. The second-order valence-electron chi connectivity index (χ2n) is 4.74. The van der Waals surface area contributed by atoms with Gasteiger partial charge in [0.05, 0.1) is 18.2 Å². The highest BCUT2D eigenvalue weighted by Gasteiger charge is 2.14. The summed E-state index contributed by atoms with van der Waals surface area (Å²) in [4.78, 5) is 22.6. The molecular formula is C15H14N4O3. The zero-order valence-corrected chi connectivity index (χ0v) is 12.0. The number of fused-ring (bicyclic) bond motifs is 1. The summed E-state index contributed by atoms with van der Waals surface area (Å²) in [6, 6.07) is 7.37. The van der Waals surface area contributed by atoms with Gasteiger partial charge in [-0.05, 0) is 36.8 Å². The molecule has 7 nitrogen and oxygen atoms in total. The molecule has 0 unspecified atom stereocenters. The first-order chi connectivity index (χ1) is 10.6. The van der Waals surface area contributed by atoms with Gasteiger partial charge in [-0.25, -0.2) is 9.78 Å². The van der Waals surface area contributed by atoms with E-state index in [0.29, 0.717) is 22.7 Å². The molecule has 22 heavy (non-hydrogen) atoms. The lowest BCUT2D eigenvalue weighted by molar-refractivity contribution is 0.0696. The number of ether oxygens (including phenoxy) is 1. The monoisotopic (exact) mass is 298 g/mol. The van der Waals surface area contributed by atoms with Crippen LogP contribution in [-0.2, 0) is 0 Å². The number of hydrogen-bond donors (Lipinski definition) is 3. The molecule has 2 heterocycles. The van der Waals surface area contributed by atoms with E-state index in [0.717, 1.165) is 11.4 Å². The Kier molecular flexibility index (Phi) is 3.38. The number of pyridine rings is 1. The van der Waals surface area contributed by atoms with Crippen LogP contribution in [0.15, 0.2) is 30.5 Å². The zero-order valence-electron chi connectivity index (χ0n) is 12.0. The van der Waals surface area contributed by atoms with E-state index in [1.54, 1.807) is 14.0 Å². The molecule has 2 aromatic heterocycles. The van der Waals surface area contributed by atoms with Crippen LogP contribution in [0.5, 0.6) is 5.75 Å². The number of carbonyl (C=O) groups is 1. The van der Waals surface area contributed by atoms with Crippen LogP contribution in [0.25, 0.3) is 11.2 Å². The van der Waals surface area contributed by atoms with Crippen molar-refractivity contribution in [2.45, 2.75) is 6.92 Å². The van der Waals surface area contributed by atoms with Gasteiger partial charge < -0.3 is 20.1 Å². The maximum Gasteiger partial charge on any atom is 0.337 e. The molecule has 0 bridgehead atoms. The zero-order chi connectivity index (χ0) is 15.7. The molecule has 112 valence electrons. The number of rotatable bonds is 4. The Bertz CT molecular complexity index is 840. The summed E-state index contributed by atoms with van der Waals surface area (Å²) >= 11 is 0. The molecule has 0 amide bonds. The molecule has 3 N–H and O–H groups in total. The standard InChI is InChI=1S/C15H14N4O3/c1-8-11(14(20)21)7-16-13-12(8)18-15(19-13)17-9-3-5-10(22-2)6-4-9/h3-7H,1-2H3,(H,20,21)(H2,16,17,18,19). The topological polar surface area (TPSA) is 100 Å². The van der Waals surface area contributed by atoms with Crippen molar-refractivity contribution < 1.29 is 14.6 Å². The Morgan fingerprint density at radius 2 is 2.05 bits per heavy atom. The van der Waals surface area contributed by atoms with Crippen LogP contribution in [0.3, 0.4) is 0 Å². The van der Waals surface area contributed by atoms with E-state index in [9.17, 15) is 4.79 Å². The number of aromatic carboxylic acids is 1. The van der Waals surface area contributed by atoms with Crippen molar-refractivity contribution in [3.05, 3.63) is 41.6 Å². The van der Waals surface area contributed by atoms with Gasteiger partial charge in [0.25, 0.3) is 0 Å². The lowest BCUT2D eigenvalue weighted by Gasteiger charge is -2.04. The number of anilines is 2. The fraction of sp³-hybridized carbons (Fsp3) is 0.133. The Hall–Kier alpha value is -3.09. The third-order valence-corrected chi connectivity index (χ3v) is 3.36. The fourth-order valence-electron chi connectivity index (χ4n) is 2.16. The van der Waals surface area contributed by atoms with Gasteiger partial charge in [0.2, 0.25) is 5.95 Å².